The van der Waals surface area contributed by atoms with Gasteiger partial charge in [0.15, 0.2) is 0 Å². The lowest BCUT2D eigenvalue weighted by atomic mass is 10.1. The molecule has 1 aromatic carbocycles. The van der Waals surface area contributed by atoms with Crippen LogP contribution in [0, 0.1) is 0 Å². The topological polar surface area (TPSA) is 0 Å². The van der Waals surface area contributed by atoms with Crippen LogP contribution in [0.15, 0.2) is 41.6 Å². The van der Waals surface area contributed by atoms with Crippen molar-refractivity contribution in [2.45, 2.75) is 0 Å². The van der Waals surface area contributed by atoms with Gasteiger partial charge in [-0.3, -0.25) is 0 Å². The van der Waals surface area contributed by atoms with Crippen LogP contribution in [0.25, 0.3) is 17.2 Å². The van der Waals surface area contributed by atoms with E-state index in [0.29, 0.717) is 0 Å². The van der Waals surface area contributed by atoms with Gasteiger partial charge in [-0.15, -0.1) is 0 Å². The standard InChI is InChI=1S/C12H9ClS/c1-2-9-3-4-10(7-12(9)13)11-5-6-14-8-11/h2-8H,1H2. The van der Waals surface area contributed by atoms with Crippen molar-refractivity contribution < 1.29 is 0 Å². The third kappa shape index (κ3) is 1.74. The molecule has 0 aliphatic rings. The van der Waals surface area contributed by atoms with Crippen molar-refractivity contribution >= 4 is 29.0 Å². The van der Waals surface area contributed by atoms with Gasteiger partial charge >= 0.3 is 0 Å². The molecule has 0 spiro atoms. The molecule has 0 aliphatic carbocycles. The van der Waals surface area contributed by atoms with Crippen molar-refractivity contribution in [3.05, 3.63) is 52.2 Å². The summed E-state index contributed by atoms with van der Waals surface area (Å²) in [5.41, 5.74) is 3.35. The van der Waals surface area contributed by atoms with Crippen LogP contribution in [0.2, 0.25) is 5.02 Å². The van der Waals surface area contributed by atoms with Crippen molar-refractivity contribution in [3.8, 4) is 11.1 Å². The summed E-state index contributed by atoms with van der Waals surface area (Å²) >= 11 is 7.77. The van der Waals surface area contributed by atoms with Crippen molar-refractivity contribution in [3.63, 3.8) is 0 Å². The van der Waals surface area contributed by atoms with E-state index in [1.165, 1.54) is 5.56 Å². The molecule has 0 aliphatic heterocycles. The lowest BCUT2D eigenvalue weighted by Gasteiger charge is -2.01. The third-order valence-electron chi connectivity index (χ3n) is 2.07. The van der Waals surface area contributed by atoms with Crippen LogP contribution in [-0.4, -0.2) is 0 Å². The minimum Gasteiger partial charge on any atom is -0.152 e. The first-order valence-electron chi connectivity index (χ1n) is 4.26. The quantitative estimate of drug-likeness (QED) is 0.688. The molecule has 0 bridgehead atoms. The molecule has 1 aromatic heterocycles. The third-order valence-corrected chi connectivity index (χ3v) is 3.09. The van der Waals surface area contributed by atoms with E-state index in [2.05, 4.69) is 29.5 Å². The molecular weight excluding hydrogens is 212 g/mol. The fraction of sp³-hybridized carbons (Fsp3) is 0. The first-order valence-corrected chi connectivity index (χ1v) is 5.58. The normalized spacial score (nSPS) is 10.1. The van der Waals surface area contributed by atoms with Crippen LogP contribution >= 0.6 is 22.9 Å². The Morgan fingerprint density at radius 3 is 2.64 bits per heavy atom. The van der Waals surface area contributed by atoms with Gasteiger partial charge in [0.25, 0.3) is 0 Å². The average molecular weight is 221 g/mol. The van der Waals surface area contributed by atoms with E-state index in [1.54, 1.807) is 17.4 Å². The molecular formula is C12H9ClS. The lowest BCUT2D eigenvalue weighted by Crippen LogP contribution is -1.77. The van der Waals surface area contributed by atoms with Crippen LogP contribution in [-0.2, 0) is 0 Å². The maximum absolute atomic E-state index is 6.08. The number of hydrogen-bond donors (Lipinski definition) is 0. The summed E-state index contributed by atoms with van der Waals surface area (Å²) in [4.78, 5) is 0. The summed E-state index contributed by atoms with van der Waals surface area (Å²) in [5.74, 6) is 0. The van der Waals surface area contributed by atoms with Crippen LogP contribution in [0.3, 0.4) is 0 Å². The minimum atomic E-state index is 0.753. The summed E-state index contributed by atoms with van der Waals surface area (Å²) in [6.45, 7) is 3.70. The number of benzene rings is 1. The van der Waals surface area contributed by atoms with Gasteiger partial charge in [-0.1, -0.05) is 36.4 Å². The maximum Gasteiger partial charge on any atom is 0.0484 e. The second-order valence-electron chi connectivity index (χ2n) is 2.95. The van der Waals surface area contributed by atoms with Crippen molar-refractivity contribution in [2.75, 3.05) is 0 Å². The van der Waals surface area contributed by atoms with Crippen LogP contribution < -0.4 is 0 Å². The molecule has 2 heteroatoms. The molecule has 2 rings (SSSR count). The molecule has 0 nitrogen and oxygen atoms in total. The van der Waals surface area contributed by atoms with E-state index in [9.17, 15) is 0 Å². The van der Waals surface area contributed by atoms with Gasteiger partial charge in [0.1, 0.15) is 0 Å². The molecule has 14 heavy (non-hydrogen) atoms. The van der Waals surface area contributed by atoms with Crippen LogP contribution in [0.4, 0.5) is 0 Å². The smallest absolute Gasteiger partial charge is 0.0484 e. The van der Waals surface area contributed by atoms with Gasteiger partial charge in [-0.2, -0.15) is 11.3 Å². The Hall–Kier alpha value is -1.05. The van der Waals surface area contributed by atoms with E-state index in [1.807, 2.05) is 12.1 Å². The molecule has 0 N–H and O–H groups in total. The van der Waals surface area contributed by atoms with Crippen LogP contribution in [0.1, 0.15) is 5.56 Å². The van der Waals surface area contributed by atoms with Crippen molar-refractivity contribution in [1.82, 2.24) is 0 Å². The molecule has 0 radical (unpaired) electrons. The number of hydrogen-bond acceptors (Lipinski definition) is 1. The first-order chi connectivity index (χ1) is 6.81. The highest BCUT2D eigenvalue weighted by Crippen LogP contribution is 2.27. The van der Waals surface area contributed by atoms with E-state index in [-0.39, 0.29) is 0 Å². The molecule has 0 fully saturated rings. The van der Waals surface area contributed by atoms with Crippen molar-refractivity contribution in [1.29, 1.82) is 0 Å². The molecule has 0 atom stereocenters. The molecule has 0 saturated heterocycles. The molecule has 70 valence electrons. The molecule has 0 unspecified atom stereocenters. The first kappa shape index (κ1) is 9.50. The van der Waals surface area contributed by atoms with Crippen LogP contribution in [0.5, 0.6) is 0 Å². The van der Waals surface area contributed by atoms with E-state index in [0.717, 1.165) is 16.1 Å². The minimum absolute atomic E-state index is 0.753. The number of halogens is 1. The fourth-order valence-electron chi connectivity index (χ4n) is 1.30. The molecule has 2 aromatic rings. The zero-order valence-electron chi connectivity index (χ0n) is 7.53. The summed E-state index contributed by atoms with van der Waals surface area (Å²) < 4.78 is 0. The van der Waals surface area contributed by atoms with E-state index >= 15 is 0 Å². The highest BCUT2D eigenvalue weighted by atomic mass is 35.5. The number of thiophene rings is 1. The van der Waals surface area contributed by atoms with Gasteiger partial charge in [0.05, 0.1) is 0 Å². The van der Waals surface area contributed by atoms with Gasteiger partial charge < -0.3 is 0 Å². The van der Waals surface area contributed by atoms with Gasteiger partial charge in [0, 0.05) is 5.02 Å². The fourth-order valence-corrected chi connectivity index (χ4v) is 2.22. The molecule has 0 amide bonds. The van der Waals surface area contributed by atoms with Gasteiger partial charge in [-0.25, -0.2) is 0 Å². The van der Waals surface area contributed by atoms with E-state index in [4.69, 9.17) is 11.6 Å². The Morgan fingerprint density at radius 2 is 2.07 bits per heavy atom. The SMILES string of the molecule is C=Cc1ccc(-c2ccsc2)cc1Cl. The van der Waals surface area contributed by atoms with Gasteiger partial charge in [-0.05, 0) is 39.6 Å². The van der Waals surface area contributed by atoms with Crippen molar-refractivity contribution in [2.24, 2.45) is 0 Å². The zero-order chi connectivity index (χ0) is 9.97. The monoisotopic (exact) mass is 220 g/mol. The second-order valence-corrected chi connectivity index (χ2v) is 4.14. The summed E-state index contributed by atoms with van der Waals surface area (Å²) in [6.07, 6.45) is 1.76. The summed E-state index contributed by atoms with van der Waals surface area (Å²) in [7, 11) is 0. The average Bonchev–Trinajstić information content (AvgIpc) is 2.70. The number of rotatable bonds is 2. The Kier molecular flexibility index (Phi) is 2.71. The largest absolute Gasteiger partial charge is 0.152 e. The zero-order valence-corrected chi connectivity index (χ0v) is 9.11. The molecule has 0 saturated carbocycles. The lowest BCUT2D eigenvalue weighted by molar-refractivity contribution is 1.64. The molecule has 1 heterocycles. The summed E-state index contributed by atoms with van der Waals surface area (Å²) in [6, 6.07) is 8.11. The summed E-state index contributed by atoms with van der Waals surface area (Å²) in [5, 5.41) is 4.92. The highest BCUT2D eigenvalue weighted by Gasteiger charge is 2.01. The predicted octanol–water partition coefficient (Wildman–Crippen LogP) is 4.71. The van der Waals surface area contributed by atoms with E-state index < -0.39 is 0 Å². The second kappa shape index (κ2) is 3.99. The Bertz CT molecular complexity index is 443. The Balaban J connectivity index is 2.48. The predicted molar refractivity (Wildman–Crippen MR) is 64.9 cm³/mol. The highest BCUT2D eigenvalue weighted by molar-refractivity contribution is 7.08. The van der Waals surface area contributed by atoms with Gasteiger partial charge in [0.2, 0.25) is 0 Å². The maximum atomic E-state index is 6.08. The Morgan fingerprint density at radius 1 is 1.21 bits per heavy atom. The Labute approximate surface area is 92.5 Å².